The number of hydrogen-bond acceptors (Lipinski definition) is 7. The maximum absolute atomic E-state index is 11.9. The molecule has 2 aromatic rings. The number of aromatic amines is 1. The number of methoxy groups -OCH3 is 2. The zero-order valence-electron chi connectivity index (χ0n) is 18.8. The maximum Gasteiger partial charge on any atom is 0.310 e. The van der Waals surface area contributed by atoms with Crippen molar-refractivity contribution in [2.45, 2.75) is 44.9 Å². The number of carbonyl (C=O) groups excluding carboxylic acids is 2. The normalized spacial score (nSPS) is 14.7. The Labute approximate surface area is 178 Å². The molecule has 0 aliphatic heterocycles. The van der Waals surface area contributed by atoms with Gasteiger partial charge in [0.2, 0.25) is 0 Å². The number of hydrogen-bond donors (Lipinski definition) is 3. The summed E-state index contributed by atoms with van der Waals surface area (Å²) in [6, 6.07) is 8.97. The average molecular weight is 419 g/mol. The number of aliphatic hydroxyl groups is 1. The van der Waals surface area contributed by atoms with Crippen molar-refractivity contribution in [3.63, 3.8) is 0 Å². The Morgan fingerprint density at radius 1 is 1.23 bits per heavy atom. The van der Waals surface area contributed by atoms with E-state index < -0.39 is 18.6 Å². The number of benzene rings is 1. The Morgan fingerprint density at radius 2 is 1.90 bits per heavy atom. The van der Waals surface area contributed by atoms with E-state index >= 15 is 0 Å². The van der Waals surface area contributed by atoms with Gasteiger partial charge in [0, 0.05) is 25.4 Å². The summed E-state index contributed by atoms with van der Waals surface area (Å²) < 4.78 is 18.1. The molecule has 2 rings (SSSR count). The molecule has 0 amide bonds. The van der Waals surface area contributed by atoms with Crippen LogP contribution in [0.15, 0.2) is 36.5 Å². The first-order valence-corrected chi connectivity index (χ1v) is 9.75. The van der Waals surface area contributed by atoms with Crippen molar-refractivity contribution in [3.8, 4) is 0 Å². The van der Waals surface area contributed by atoms with Crippen molar-refractivity contribution in [2.24, 2.45) is 0 Å². The summed E-state index contributed by atoms with van der Waals surface area (Å²) in [5.74, 6) is -0.788. The third-order valence-electron chi connectivity index (χ3n) is 5.11. The van der Waals surface area contributed by atoms with Crippen LogP contribution in [0.1, 0.15) is 43.2 Å². The standard InChI is InChI=1S/C22H31N3O5/c1-15(22(28)16-8-6-5-7-9-16)25(2)24-14-19-18(12-21(27)30-4)17(13-23-19)10-11-20(26)29-3/h5-9,13,15,22-24,28H,10-12,14H2,1-4H3/t15-,22-/m1/s1/i14D/t14-,15+,22+/m0. The van der Waals surface area contributed by atoms with Gasteiger partial charge in [-0.15, -0.1) is 0 Å². The largest absolute Gasteiger partial charge is 0.469 e. The molecule has 0 aliphatic rings. The minimum absolute atomic E-state index is 0.0190. The zero-order valence-corrected chi connectivity index (χ0v) is 17.8. The highest BCUT2D eigenvalue weighted by Gasteiger charge is 2.21. The van der Waals surface area contributed by atoms with Gasteiger partial charge in [-0.2, -0.15) is 0 Å². The molecule has 0 saturated carbocycles. The Kier molecular flexibility index (Phi) is 8.43. The molecule has 30 heavy (non-hydrogen) atoms. The van der Waals surface area contributed by atoms with Crippen LogP contribution in [0.2, 0.25) is 0 Å². The van der Waals surface area contributed by atoms with Gasteiger partial charge in [0.25, 0.3) is 0 Å². The molecule has 8 heteroatoms. The number of esters is 2. The fourth-order valence-corrected chi connectivity index (χ4v) is 3.05. The Hall–Kier alpha value is -2.68. The molecule has 0 unspecified atom stereocenters. The van der Waals surface area contributed by atoms with Gasteiger partial charge in [0.05, 0.1) is 40.7 Å². The van der Waals surface area contributed by atoms with Gasteiger partial charge in [-0.1, -0.05) is 30.3 Å². The molecule has 0 fully saturated rings. The molecule has 0 spiro atoms. The summed E-state index contributed by atoms with van der Waals surface area (Å²) in [6.07, 6.45) is 1.47. The van der Waals surface area contributed by atoms with Crippen molar-refractivity contribution in [1.82, 2.24) is 15.4 Å². The second-order valence-electron chi connectivity index (χ2n) is 7.02. The van der Waals surface area contributed by atoms with Gasteiger partial charge >= 0.3 is 11.9 Å². The van der Waals surface area contributed by atoms with E-state index in [0.29, 0.717) is 17.7 Å². The lowest BCUT2D eigenvalue weighted by Gasteiger charge is -2.29. The van der Waals surface area contributed by atoms with Crippen molar-refractivity contribution < 1.29 is 25.5 Å². The molecule has 0 radical (unpaired) electrons. The number of likely N-dealkylation sites (N-methyl/N-ethyl adjacent to an activating group) is 1. The molecule has 3 atom stereocenters. The van der Waals surface area contributed by atoms with Crippen molar-refractivity contribution in [1.29, 1.82) is 0 Å². The predicted molar refractivity (Wildman–Crippen MR) is 112 cm³/mol. The van der Waals surface area contributed by atoms with Gasteiger partial charge in [-0.3, -0.25) is 9.59 Å². The third kappa shape index (κ3) is 6.41. The minimum atomic E-state index is -0.929. The van der Waals surface area contributed by atoms with Crippen LogP contribution >= 0.6 is 0 Å². The molecule has 1 aromatic carbocycles. The van der Waals surface area contributed by atoms with Gasteiger partial charge in [0.1, 0.15) is 0 Å². The number of nitrogens with zero attached hydrogens (tertiary/aromatic N) is 1. The monoisotopic (exact) mass is 418 g/mol. The fourth-order valence-electron chi connectivity index (χ4n) is 3.05. The predicted octanol–water partition coefficient (Wildman–Crippen LogP) is 1.89. The van der Waals surface area contributed by atoms with Crippen molar-refractivity contribution in [2.75, 3.05) is 21.3 Å². The number of carbonyl (C=O) groups is 2. The van der Waals surface area contributed by atoms with E-state index in [1.165, 1.54) is 14.2 Å². The first-order chi connectivity index (χ1) is 14.8. The first-order valence-electron chi connectivity index (χ1n) is 10.3. The number of rotatable bonds is 11. The second kappa shape index (κ2) is 11.5. The second-order valence-corrected chi connectivity index (χ2v) is 7.02. The van der Waals surface area contributed by atoms with Crippen LogP contribution in [-0.2, 0) is 38.4 Å². The topological polar surface area (TPSA) is 104 Å². The van der Waals surface area contributed by atoms with Crippen LogP contribution in [-0.4, -0.2) is 54.3 Å². The van der Waals surface area contributed by atoms with Crippen LogP contribution < -0.4 is 5.43 Å². The van der Waals surface area contributed by atoms with Crippen molar-refractivity contribution in [3.05, 3.63) is 58.9 Å². The molecule has 1 aromatic heterocycles. The molecule has 0 bridgehead atoms. The van der Waals surface area contributed by atoms with Crippen LogP contribution in [0.5, 0.6) is 0 Å². The lowest BCUT2D eigenvalue weighted by molar-refractivity contribution is -0.140. The average Bonchev–Trinajstić information content (AvgIpc) is 3.18. The van der Waals surface area contributed by atoms with Crippen LogP contribution in [0.3, 0.4) is 0 Å². The van der Waals surface area contributed by atoms with Gasteiger partial charge in [-0.25, -0.2) is 10.4 Å². The van der Waals surface area contributed by atoms with Gasteiger partial charge < -0.3 is 19.6 Å². The maximum atomic E-state index is 11.9. The number of aliphatic hydroxyl groups excluding tert-OH is 1. The van der Waals surface area contributed by atoms with Crippen LogP contribution in [0, 0.1) is 0 Å². The number of aromatic nitrogens is 1. The summed E-state index contributed by atoms with van der Waals surface area (Å²) in [7, 11) is 4.38. The number of nitrogens with one attached hydrogen (secondary N) is 2. The quantitative estimate of drug-likeness (QED) is 0.378. The minimum Gasteiger partial charge on any atom is -0.469 e. The SMILES string of the molecule is [2H][C@H](NN(C)[C@H](C)[C@@H](O)c1ccccc1)c1[nH]cc(CCC(=O)OC)c1CC(=O)OC. The van der Waals surface area contributed by atoms with E-state index in [-0.39, 0.29) is 24.9 Å². The molecular weight excluding hydrogens is 386 g/mol. The Balaban J connectivity index is 2.15. The molecule has 3 N–H and O–H groups in total. The summed E-state index contributed by atoms with van der Waals surface area (Å²) in [5, 5.41) is 12.3. The highest BCUT2D eigenvalue weighted by molar-refractivity contribution is 5.74. The summed E-state index contributed by atoms with van der Waals surface area (Å²) in [4.78, 5) is 26.5. The van der Waals surface area contributed by atoms with E-state index in [4.69, 9.17) is 6.11 Å². The molecule has 0 aliphatic carbocycles. The van der Waals surface area contributed by atoms with Crippen molar-refractivity contribution >= 4 is 11.9 Å². The smallest absolute Gasteiger partial charge is 0.310 e. The van der Waals surface area contributed by atoms with E-state index in [2.05, 4.69) is 15.1 Å². The highest BCUT2D eigenvalue weighted by atomic mass is 16.5. The highest BCUT2D eigenvalue weighted by Crippen LogP contribution is 2.21. The molecule has 8 nitrogen and oxygen atoms in total. The number of aryl methyl sites for hydroxylation is 1. The lowest BCUT2D eigenvalue weighted by atomic mass is 10.0. The molecule has 1 heterocycles. The van der Waals surface area contributed by atoms with E-state index in [1.54, 1.807) is 18.3 Å². The van der Waals surface area contributed by atoms with E-state index in [0.717, 1.165) is 11.1 Å². The number of H-pyrrole nitrogens is 1. The van der Waals surface area contributed by atoms with Gasteiger partial charge in [-0.05, 0) is 30.0 Å². The lowest BCUT2D eigenvalue weighted by Crippen LogP contribution is -2.43. The van der Waals surface area contributed by atoms with Gasteiger partial charge in [0.15, 0.2) is 0 Å². The Morgan fingerprint density at radius 3 is 2.53 bits per heavy atom. The summed E-state index contributed by atoms with van der Waals surface area (Å²) >= 11 is 0. The molecular formula is C22H31N3O5. The zero-order chi connectivity index (χ0) is 23.0. The van der Waals surface area contributed by atoms with E-state index in [9.17, 15) is 14.7 Å². The van der Waals surface area contributed by atoms with Crippen LogP contribution in [0.4, 0.5) is 0 Å². The molecule has 164 valence electrons. The Bertz CT molecular complexity index is 858. The first kappa shape index (κ1) is 22.0. The third-order valence-corrected chi connectivity index (χ3v) is 5.11. The number of ether oxygens (including phenoxy) is 2. The summed E-state index contributed by atoms with van der Waals surface area (Å²) in [6.45, 7) is 0.922. The molecule has 0 saturated heterocycles. The fraction of sp³-hybridized carbons (Fsp3) is 0.455. The number of hydrazine groups is 1. The van der Waals surface area contributed by atoms with Crippen LogP contribution in [0.25, 0.3) is 0 Å². The summed E-state index contributed by atoms with van der Waals surface area (Å²) in [5.41, 5.74) is 5.68. The van der Waals surface area contributed by atoms with E-state index in [1.807, 2.05) is 37.3 Å².